The third-order valence-corrected chi connectivity index (χ3v) is 8.31. The molecular weight excluding hydrogens is 543 g/mol. The Morgan fingerprint density at radius 3 is 2.68 bits per heavy atom. The Hall–Kier alpha value is -4.25. The van der Waals surface area contributed by atoms with Crippen LogP contribution in [-0.4, -0.2) is 51.1 Å². The SMILES string of the molecule is O=C(Nc1nc([C@H]2CCCN2c2ccc(OC(=O)N3CCCCC3)cc2)cs1)c1cccn1Cc1ccnc(F)c1. The average Bonchev–Trinajstić information content (AvgIpc) is 3.75. The lowest BCUT2D eigenvalue weighted by atomic mass is 10.1. The molecule has 1 atom stereocenters. The van der Waals surface area contributed by atoms with Crippen LogP contribution in [0.25, 0.3) is 0 Å². The molecule has 2 aliphatic rings. The summed E-state index contributed by atoms with van der Waals surface area (Å²) >= 11 is 1.39. The third-order valence-electron chi connectivity index (χ3n) is 7.53. The predicted octanol–water partition coefficient (Wildman–Crippen LogP) is 6.11. The van der Waals surface area contributed by atoms with Crippen LogP contribution in [0.1, 0.15) is 59.9 Å². The number of thiazole rings is 1. The molecule has 2 saturated heterocycles. The largest absolute Gasteiger partial charge is 0.415 e. The number of hydrogen-bond acceptors (Lipinski definition) is 7. The molecule has 0 spiro atoms. The van der Waals surface area contributed by atoms with Crippen molar-refractivity contribution in [1.29, 1.82) is 0 Å². The van der Waals surface area contributed by atoms with E-state index in [1.807, 2.05) is 29.6 Å². The van der Waals surface area contributed by atoms with Gasteiger partial charge in [0.2, 0.25) is 5.95 Å². The first kappa shape index (κ1) is 26.9. The van der Waals surface area contributed by atoms with Crippen LogP contribution in [0.2, 0.25) is 0 Å². The summed E-state index contributed by atoms with van der Waals surface area (Å²) in [5.74, 6) is -0.287. The lowest BCUT2D eigenvalue weighted by Gasteiger charge is -2.27. The van der Waals surface area contributed by atoms with E-state index in [2.05, 4.69) is 15.2 Å². The summed E-state index contributed by atoms with van der Waals surface area (Å²) in [5.41, 5.74) is 3.12. The number of aromatic nitrogens is 3. The average molecular weight is 575 g/mol. The number of nitrogens with one attached hydrogen (secondary N) is 1. The van der Waals surface area contributed by atoms with E-state index >= 15 is 0 Å². The Kier molecular flexibility index (Phi) is 7.95. The molecule has 9 nitrogen and oxygen atoms in total. The highest BCUT2D eigenvalue weighted by atomic mass is 32.1. The number of rotatable bonds is 7. The fourth-order valence-electron chi connectivity index (χ4n) is 5.48. The fraction of sp³-hybridized carbons (Fsp3) is 0.333. The molecule has 212 valence electrons. The minimum atomic E-state index is -0.552. The van der Waals surface area contributed by atoms with E-state index in [0.29, 0.717) is 28.7 Å². The van der Waals surface area contributed by atoms with Crippen LogP contribution < -0.4 is 15.0 Å². The van der Waals surface area contributed by atoms with Gasteiger partial charge in [0.25, 0.3) is 5.91 Å². The normalized spacial score (nSPS) is 17.0. The van der Waals surface area contributed by atoms with Gasteiger partial charge in [-0.05, 0) is 86.2 Å². The molecule has 11 heteroatoms. The van der Waals surface area contributed by atoms with Gasteiger partial charge >= 0.3 is 6.09 Å². The first-order valence-corrected chi connectivity index (χ1v) is 14.8. The van der Waals surface area contributed by atoms with E-state index in [1.165, 1.54) is 23.6 Å². The topological polar surface area (TPSA) is 92.6 Å². The smallest absolute Gasteiger partial charge is 0.410 e. The fourth-order valence-corrected chi connectivity index (χ4v) is 6.24. The molecule has 4 aromatic rings. The summed E-state index contributed by atoms with van der Waals surface area (Å²) in [6.07, 6.45) is 8.10. The Labute approximate surface area is 241 Å². The van der Waals surface area contributed by atoms with Crippen LogP contribution in [0.3, 0.4) is 0 Å². The number of amides is 2. The lowest BCUT2D eigenvalue weighted by Crippen LogP contribution is -2.37. The number of ether oxygens (including phenoxy) is 1. The van der Waals surface area contributed by atoms with E-state index in [0.717, 1.165) is 63.1 Å². The van der Waals surface area contributed by atoms with Gasteiger partial charge in [0.05, 0.1) is 11.7 Å². The molecule has 0 aliphatic carbocycles. The van der Waals surface area contributed by atoms with Crippen molar-refractivity contribution >= 4 is 34.2 Å². The second-order valence-corrected chi connectivity index (χ2v) is 11.2. The molecule has 0 unspecified atom stereocenters. The minimum absolute atomic E-state index is 0.0871. The Morgan fingerprint density at radius 2 is 1.88 bits per heavy atom. The maximum atomic E-state index is 13.5. The van der Waals surface area contributed by atoms with Gasteiger partial charge in [-0.3, -0.25) is 10.1 Å². The molecule has 1 aromatic carbocycles. The molecule has 0 saturated carbocycles. The standard InChI is InChI=1S/C30H31FN6O3S/c31-27-18-21(12-13-32-27)19-36-16-4-7-26(36)28(38)34-29-33-24(20-41-29)25-6-5-17-37(25)22-8-10-23(11-9-22)40-30(39)35-14-2-1-3-15-35/h4,7-13,16,18,20,25H,1-3,5-6,14-15,17,19H2,(H,33,34,38)/t25-/m1/s1. The van der Waals surface area contributed by atoms with Crippen LogP contribution in [0, 0.1) is 5.95 Å². The van der Waals surface area contributed by atoms with Crippen LogP contribution in [0.4, 0.5) is 20.0 Å². The highest BCUT2D eigenvalue weighted by molar-refractivity contribution is 7.14. The van der Waals surface area contributed by atoms with Crippen LogP contribution in [0.5, 0.6) is 5.75 Å². The van der Waals surface area contributed by atoms with Crippen molar-refractivity contribution in [2.75, 3.05) is 29.9 Å². The van der Waals surface area contributed by atoms with Gasteiger partial charge in [-0.2, -0.15) is 4.39 Å². The summed E-state index contributed by atoms with van der Waals surface area (Å²) in [4.78, 5) is 37.9. The molecule has 3 aromatic heterocycles. The second-order valence-electron chi connectivity index (χ2n) is 10.3. The second kappa shape index (κ2) is 12.1. The third kappa shape index (κ3) is 6.25. The Morgan fingerprint density at radius 1 is 1.05 bits per heavy atom. The molecule has 1 N–H and O–H groups in total. The van der Waals surface area contributed by atoms with E-state index in [-0.39, 0.29) is 18.0 Å². The van der Waals surface area contributed by atoms with Crippen LogP contribution >= 0.6 is 11.3 Å². The van der Waals surface area contributed by atoms with Crippen LogP contribution in [-0.2, 0) is 6.54 Å². The Bertz CT molecular complexity index is 1510. The molecule has 2 fully saturated rings. The van der Waals surface area contributed by atoms with E-state index in [1.54, 1.807) is 33.9 Å². The predicted molar refractivity (Wildman–Crippen MR) is 155 cm³/mol. The van der Waals surface area contributed by atoms with Crippen molar-refractivity contribution in [2.45, 2.75) is 44.7 Å². The number of pyridine rings is 1. The zero-order valence-electron chi connectivity index (χ0n) is 22.5. The zero-order valence-corrected chi connectivity index (χ0v) is 23.4. The van der Waals surface area contributed by atoms with Crippen molar-refractivity contribution in [3.63, 3.8) is 0 Å². The first-order valence-electron chi connectivity index (χ1n) is 13.9. The summed E-state index contributed by atoms with van der Waals surface area (Å²) in [5, 5.41) is 5.44. The number of nitrogens with zero attached hydrogens (tertiary/aromatic N) is 5. The lowest BCUT2D eigenvalue weighted by molar-refractivity contribution is 0.101. The maximum Gasteiger partial charge on any atom is 0.415 e. The summed E-state index contributed by atoms with van der Waals surface area (Å²) < 4.78 is 20.9. The van der Waals surface area contributed by atoms with Crippen molar-refractivity contribution in [3.05, 3.63) is 89.2 Å². The summed E-state index contributed by atoms with van der Waals surface area (Å²) in [6, 6.07) is 14.3. The van der Waals surface area contributed by atoms with Crippen LogP contribution in [0.15, 0.2) is 66.3 Å². The molecule has 5 heterocycles. The van der Waals surface area contributed by atoms with Gasteiger partial charge in [0.15, 0.2) is 5.13 Å². The highest BCUT2D eigenvalue weighted by Crippen LogP contribution is 2.38. The molecule has 41 heavy (non-hydrogen) atoms. The minimum Gasteiger partial charge on any atom is -0.410 e. The zero-order chi connectivity index (χ0) is 28.2. The van der Waals surface area contributed by atoms with Crippen molar-refractivity contribution < 1.29 is 18.7 Å². The van der Waals surface area contributed by atoms with Crippen molar-refractivity contribution in [1.82, 2.24) is 19.4 Å². The molecule has 2 amide bonds. The molecule has 6 rings (SSSR count). The van der Waals surface area contributed by atoms with Gasteiger partial charge in [0.1, 0.15) is 11.4 Å². The summed E-state index contributed by atoms with van der Waals surface area (Å²) in [7, 11) is 0. The maximum absolute atomic E-state index is 13.5. The number of benzene rings is 1. The van der Waals surface area contributed by atoms with Gasteiger partial charge in [-0.1, -0.05) is 0 Å². The molecule has 2 aliphatic heterocycles. The van der Waals surface area contributed by atoms with Gasteiger partial charge in [0, 0.05) is 49.6 Å². The van der Waals surface area contributed by atoms with Crippen molar-refractivity contribution in [3.8, 4) is 5.75 Å². The van der Waals surface area contributed by atoms with Gasteiger partial charge in [-0.25, -0.2) is 14.8 Å². The van der Waals surface area contributed by atoms with Gasteiger partial charge in [-0.15, -0.1) is 11.3 Å². The highest BCUT2D eigenvalue weighted by Gasteiger charge is 2.29. The van der Waals surface area contributed by atoms with Gasteiger partial charge < -0.3 is 19.1 Å². The number of hydrogen-bond donors (Lipinski definition) is 1. The molecular formula is C30H31FN6O3S. The quantitative estimate of drug-likeness (QED) is 0.268. The number of likely N-dealkylation sites (tertiary alicyclic amines) is 1. The molecule has 0 bridgehead atoms. The van der Waals surface area contributed by atoms with E-state index < -0.39 is 5.95 Å². The molecule has 0 radical (unpaired) electrons. The number of halogens is 1. The monoisotopic (exact) mass is 574 g/mol. The number of anilines is 2. The van der Waals surface area contributed by atoms with E-state index in [9.17, 15) is 14.0 Å². The van der Waals surface area contributed by atoms with E-state index in [4.69, 9.17) is 9.72 Å². The number of carbonyl (C=O) groups excluding carboxylic acids is 2. The Balaban J connectivity index is 1.09. The number of piperidine rings is 1. The summed E-state index contributed by atoms with van der Waals surface area (Å²) in [6.45, 7) is 2.75. The van der Waals surface area contributed by atoms with Crippen molar-refractivity contribution in [2.24, 2.45) is 0 Å². The first-order chi connectivity index (χ1) is 20.0. The number of carbonyl (C=O) groups is 2.